The van der Waals surface area contributed by atoms with E-state index in [0.717, 1.165) is 42.8 Å². The van der Waals surface area contributed by atoms with Gasteiger partial charge in [-0.25, -0.2) is 4.79 Å². The van der Waals surface area contributed by atoms with E-state index in [2.05, 4.69) is 16.1 Å². The van der Waals surface area contributed by atoms with Crippen molar-refractivity contribution in [3.8, 4) is 11.5 Å². The third-order valence-corrected chi connectivity index (χ3v) is 6.65. The number of amidine groups is 1. The van der Waals surface area contributed by atoms with Gasteiger partial charge in [-0.1, -0.05) is 17.3 Å². The van der Waals surface area contributed by atoms with Gasteiger partial charge in [-0.2, -0.15) is 0 Å². The number of amides is 1. The number of nitrogens with two attached hydrogens (primary N) is 1. The Kier molecular flexibility index (Phi) is 5.11. The molecule has 0 aromatic heterocycles. The first-order valence-corrected chi connectivity index (χ1v) is 11.4. The van der Waals surface area contributed by atoms with Gasteiger partial charge in [-0.05, 0) is 76.8 Å². The molecule has 2 bridgehead atoms. The van der Waals surface area contributed by atoms with Crippen molar-refractivity contribution in [1.82, 2.24) is 4.90 Å². The number of oxime groups is 1. The fourth-order valence-electron chi connectivity index (χ4n) is 5.37. The molecule has 0 saturated carbocycles. The van der Waals surface area contributed by atoms with Crippen LogP contribution in [0.3, 0.4) is 0 Å². The van der Waals surface area contributed by atoms with Gasteiger partial charge in [0.15, 0.2) is 17.3 Å². The molecule has 3 heterocycles. The predicted molar refractivity (Wildman–Crippen MR) is 126 cm³/mol. The maximum atomic E-state index is 12.9. The van der Waals surface area contributed by atoms with Gasteiger partial charge < -0.3 is 30.2 Å². The number of para-hydroxylation sites is 2. The van der Waals surface area contributed by atoms with Crippen LogP contribution < -0.4 is 15.4 Å². The van der Waals surface area contributed by atoms with Crippen molar-refractivity contribution >= 4 is 23.3 Å². The molecule has 33 heavy (non-hydrogen) atoms. The number of rotatable bonds is 2. The summed E-state index contributed by atoms with van der Waals surface area (Å²) < 4.78 is 11.9. The maximum absolute atomic E-state index is 12.9. The van der Waals surface area contributed by atoms with E-state index in [0.29, 0.717) is 11.3 Å². The lowest BCUT2D eigenvalue weighted by Gasteiger charge is -2.45. The molecule has 2 fully saturated rings. The molecular formula is C25H30N4O4. The van der Waals surface area contributed by atoms with Gasteiger partial charge in [0, 0.05) is 23.7 Å². The SMILES string of the molecule is CC(C)(C)OC(=O)N1[C@@H]2CC[C@H]1CC(N1c3ccccc3Oc3cc(C(N)=NO)ccc31)C2. The lowest BCUT2D eigenvalue weighted by atomic mass is 9.94. The van der Waals surface area contributed by atoms with E-state index in [1.807, 2.05) is 56.0 Å². The zero-order chi connectivity index (χ0) is 23.3. The summed E-state index contributed by atoms with van der Waals surface area (Å²) in [6, 6.07) is 14.1. The van der Waals surface area contributed by atoms with Crippen molar-refractivity contribution in [1.29, 1.82) is 0 Å². The molecule has 0 radical (unpaired) electrons. The second-order valence-corrected chi connectivity index (χ2v) is 10.0. The van der Waals surface area contributed by atoms with Gasteiger partial charge in [0.25, 0.3) is 0 Å². The van der Waals surface area contributed by atoms with Crippen LogP contribution >= 0.6 is 0 Å². The molecular weight excluding hydrogens is 420 g/mol. The molecule has 174 valence electrons. The molecule has 1 unspecified atom stereocenters. The summed E-state index contributed by atoms with van der Waals surface area (Å²) in [5, 5.41) is 12.2. The van der Waals surface area contributed by atoms with E-state index in [9.17, 15) is 4.79 Å². The number of nitrogens with zero attached hydrogens (tertiary/aromatic N) is 3. The fraction of sp³-hybridized carbons (Fsp3) is 0.440. The molecule has 3 aliphatic heterocycles. The topological polar surface area (TPSA) is 101 Å². The lowest BCUT2D eigenvalue weighted by molar-refractivity contribution is 0.00613. The minimum absolute atomic E-state index is 0.0375. The Morgan fingerprint density at radius 2 is 1.73 bits per heavy atom. The third-order valence-electron chi connectivity index (χ3n) is 6.65. The van der Waals surface area contributed by atoms with Crippen LogP contribution in [0.4, 0.5) is 16.2 Å². The van der Waals surface area contributed by atoms with Crippen LogP contribution in [0.2, 0.25) is 0 Å². The van der Waals surface area contributed by atoms with Crippen molar-refractivity contribution in [3.05, 3.63) is 48.0 Å². The quantitative estimate of drug-likeness (QED) is 0.290. The number of piperidine rings is 1. The third kappa shape index (κ3) is 3.83. The fourth-order valence-corrected chi connectivity index (χ4v) is 5.37. The standard InChI is InChI=1S/C25H30N4O4/c1-25(2,3)33-24(30)28-16-9-10-17(28)14-18(13-16)29-19-6-4-5-7-21(19)32-22-12-15(23(26)27-31)8-11-20(22)29/h4-8,11-12,16-18,31H,9-10,13-14H2,1-3H3,(H2,26,27)/t16-,17+,18?. The average Bonchev–Trinajstić information content (AvgIpc) is 3.05. The molecule has 8 heteroatoms. The second-order valence-electron chi connectivity index (χ2n) is 10.0. The molecule has 2 saturated heterocycles. The minimum atomic E-state index is -0.507. The highest BCUT2D eigenvalue weighted by Crippen LogP contribution is 2.51. The van der Waals surface area contributed by atoms with Crippen LogP contribution in [0, 0.1) is 0 Å². The first-order valence-electron chi connectivity index (χ1n) is 11.4. The molecule has 2 aromatic carbocycles. The summed E-state index contributed by atoms with van der Waals surface area (Å²) in [4.78, 5) is 17.2. The molecule has 1 amide bonds. The van der Waals surface area contributed by atoms with Crippen molar-refractivity contribution in [3.63, 3.8) is 0 Å². The first-order chi connectivity index (χ1) is 15.7. The molecule has 8 nitrogen and oxygen atoms in total. The number of carbonyl (C=O) groups excluding carboxylic acids is 1. The highest BCUT2D eigenvalue weighted by atomic mass is 16.6. The van der Waals surface area contributed by atoms with Gasteiger partial charge in [0.05, 0.1) is 11.4 Å². The molecule has 5 rings (SSSR count). The van der Waals surface area contributed by atoms with Crippen molar-refractivity contribution < 1.29 is 19.5 Å². The predicted octanol–water partition coefficient (Wildman–Crippen LogP) is 4.96. The van der Waals surface area contributed by atoms with Crippen LogP contribution in [0.15, 0.2) is 47.6 Å². The van der Waals surface area contributed by atoms with Crippen LogP contribution in [-0.4, -0.2) is 45.8 Å². The highest BCUT2D eigenvalue weighted by molar-refractivity contribution is 5.98. The molecule has 3 aliphatic rings. The Bertz CT molecular complexity index is 1100. The number of hydrogen-bond acceptors (Lipinski definition) is 6. The number of hydrogen-bond donors (Lipinski definition) is 2. The highest BCUT2D eigenvalue weighted by Gasteiger charge is 2.47. The summed E-state index contributed by atoms with van der Waals surface area (Å²) >= 11 is 0. The Morgan fingerprint density at radius 3 is 2.39 bits per heavy atom. The summed E-state index contributed by atoms with van der Waals surface area (Å²) in [5.74, 6) is 1.47. The smallest absolute Gasteiger partial charge is 0.410 e. The summed E-state index contributed by atoms with van der Waals surface area (Å²) in [6.45, 7) is 5.72. The zero-order valence-electron chi connectivity index (χ0n) is 19.2. The Labute approximate surface area is 193 Å². The van der Waals surface area contributed by atoms with E-state index < -0.39 is 5.60 Å². The van der Waals surface area contributed by atoms with Gasteiger partial charge in [-0.15, -0.1) is 0 Å². The van der Waals surface area contributed by atoms with Gasteiger partial charge in [0.1, 0.15) is 5.60 Å². The maximum Gasteiger partial charge on any atom is 0.410 e. The van der Waals surface area contributed by atoms with Crippen molar-refractivity contribution in [2.24, 2.45) is 10.9 Å². The van der Waals surface area contributed by atoms with E-state index in [4.69, 9.17) is 20.4 Å². The molecule has 2 aromatic rings. The van der Waals surface area contributed by atoms with Crippen LogP contribution in [0.1, 0.15) is 52.0 Å². The average molecular weight is 451 g/mol. The summed E-state index contributed by atoms with van der Waals surface area (Å²) in [5.41, 5.74) is 7.85. The van der Waals surface area contributed by atoms with E-state index in [1.54, 1.807) is 6.07 Å². The summed E-state index contributed by atoms with van der Waals surface area (Å²) in [7, 11) is 0. The van der Waals surface area contributed by atoms with Crippen LogP contribution in [0.25, 0.3) is 0 Å². The second kappa shape index (κ2) is 7.86. The number of ether oxygens (including phenoxy) is 2. The Balaban J connectivity index is 1.48. The largest absolute Gasteiger partial charge is 0.453 e. The number of anilines is 2. The van der Waals surface area contributed by atoms with Crippen molar-refractivity contribution in [2.75, 3.05) is 4.90 Å². The van der Waals surface area contributed by atoms with E-state index in [1.165, 1.54) is 0 Å². The monoisotopic (exact) mass is 450 g/mol. The number of benzene rings is 2. The van der Waals surface area contributed by atoms with Crippen molar-refractivity contribution in [2.45, 2.75) is 70.2 Å². The van der Waals surface area contributed by atoms with Gasteiger partial charge >= 0.3 is 6.09 Å². The molecule has 3 N–H and O–H groups in total. The first kappa shape index (κ1) is 21.4. The van der Waals surface area contributed by atoms with Gasteiger partial charge in [0.2, 0.25) is 0 Å². The molecule has 0 spiro atoms. The molecule has 0 aliphatic carbocycles. The van der Waals surface area contributed by atoms with Gasteiger partial charge in [-0.3, -0.25) is 0 Å². The zero-order valence-corrected chi connectivity index (χ0v) is 19.2. The normalized spacial score (nSPS) is 24.1. The lowest BCUT2D eigenvalue weighted by Crippen LogP contribution is -2.53. The molecule has 3 atom stereocenters. The van der Waals surface area contributed by atoms with Crippen LogP contribution in [0.5, 0.6) is 11.5 Å². The van der Waals surface area contributed by atoms with E-state index in [-0.39, 0.29) is 30.1 Å². The Morgan fingerprint density at radius 1 is 1.06 bits per heavy atom. The number of fused-ring (bicyclic) bond motifs is 4. The summed E-state index contributed by atoms with van der Waals surface area (Å²) in [6.07, 6.45) is 3.47. The minimum Gasteiger partial charge on any atom is -0.453 e. The Hall–Kier alpha value is -3.42. The van der Waals surface area contributed by atoms with Crippen LogP contribution in [-0.2, 0) is 4.74 Å². The van der Waals surface area contributed by atoms with E-state index >= 15 is 0 Å². The number of carbonyl (C=O) groups is 1.